The average molecular weight is 437 g/mol. The number of amides is 2. The van der Waals surface area contributed by atoms with Crippen LogP contribution in [0.1, 0.15) is 37.0 Å². The summed E-state index contributed by atoms with van der Waals surface area (Å²) in [5, 5.41) is 14.2. The highest BCUT2D eigenvalue weighted by atomic mass is 16.6. The summed E-state index contributed by atoms with van der Waals surface area (Å²) in [6, 6.07) is 11.3. The molecule has 0 saturated heterocycles. The van der Waals surface area contributed by atoms with Crippen LogP contribution in [-0.4, -0.2) is 40.9 Å². The third-order valence-electron chi connectivity index (χ3n) is 5.38. The number of nitrogens with zero attached hydrogens (tertiary/aromatic N) is 2. The molecule has 8 nitrogen and oxygen atoms in total. The number of hydrogen-bond acceptors (Lipinski definition) is 6. The summed E-state index contributed by atoms with van der Waals surface area (Å²) in [6.07, 6.45) is 0.579. The number of carbonyl (C=O) groups excluding carboxylic acids is 2. The molecule has 0 atom stereocenters. The van der Waals surface area contributed by atoms with Crippen molar-refractivity contribution >= 4 is 28.8 Å². The van der Waals surface area contributed by atoms with E-state index in [2.05, 4.69) is 5.32 Å². The van der Waals surface area contributed by atoms with Crippen LogP contribution >= 0.6 is 0 Å². The molecule has 1 N–H and O–H groups in total. The number of ether oxygens (including phenoxy) is 1. The Morgan fingerprint density at radius 2 is 1.75 bits per heavy atom. The van der Waals surface area contributed by atoms with E-state index in [0.717, 1.165) is 16.8 Å². The van der Waals surface area contributed by atoms with E-state index in [1.54, 1.807) is 0 Å². The van der Waals surface area contributed by atoms with E-state index in [9.17, 15) is 19.7 Å². The number of nitro groups is 1. The SMILES string of the molecule is Cc1cccc(NC2=C(c3ccc([N+](=O)[O-])cc3)C(=O)N(CCCOC(C)C)C2=O)c1C. The van der Waals surface area contributed by atoms with Gasteiger partial charge in [-0.25, -0.2) is 0 Å². The molecule has 168 valence electrons. The summed E-state index contributed by atoms with van der Waals surface area (Å²) in [5.41, 5.74) is 3.48. The first kappa shape index (κ1) is 23.1. The molecule has 2 amide bonds. The third kappa shape index (κ3) is 4.86. The number of non-ortho nitro benzene ring substituents is 1. The van der Waals surface area contributed by atoms with Crippen molar-refractivity contribution in [1.29, 1.82) is 0 Å². The van der Waals surface area contributed by atoms with Crippen LogP contribution in [0.25, 0.3) is 5.57 Å². The first-order valence-electron chi connectivity index (χ1n) is 10.5. The Bertz CT molecular complexity index is 1070. The summed E-state index contributed by atoms with van der Waals surface area (Å²) in [5.74, 6) is -0.852. The molecule has 2 aromatic rings. The average Bonchev–Trinajstić information content (AvgIpc) is 2.98. The van der Waals surface area contributed by atoms with Crippen LogP contribution in [0, 0.1) is 24.0 Å². The van der Waals surface area contributed by atoms with Crippen LogP contribution in [0.5, 0.6) is 0 Å². The van der Waals surface area contributed by atoms with Crippen LogP contribution < -0.4 is 5.32 Å². The minimum Gasteiger partial charge on any atom is -0.379 e. The van der Waals surface area contributed by atoms with Gasteiger partial charge < -0.3 is 10.1 Å². The van der Waals surface area contributed by atoms with Gasteiger partial charge in [-0.3, -0.25) is 24.6 Å². The predicted molar refractivity (Wildman–Crippen MR) is 122 cm³/mol. The minimum absolute atomic E-state index is 0.0651. The van der Waals surface area contributed by atoms with E-state index >= 15 is 0 Å². The maximum atomic E-state index is 13.2. The molecular formula is C24H27N3O5. The standard InChI is InChI=1S/C24H27N3O5/c1-15(2)32-14-6-13-26-23(28)21(18-9-11-19(12-10-18)27(30)31)22(24(26)29)25-20-8-5-7-16(3)17(20)4/h5,7-12,15,25H,6,13-14H2,1-4H3. The van der Waals surface area contributed by atoms with Crippen molar-refractivity contribution in [2.24, 2.45) is 0 Å². The van der Waals surface area contributed by atoms with Crippen LogP contribution in [0.3, 0.4) is 0 Å². The number of rotatable bonds is 9. The topological polar surface area (TPSA) is 102 Å². The van der Waals surface area contributed by atoms with Gasteiger partial charge in [0.2, 0.25) is 0 Å². The fraction of sp³-hybridized carbons (Fsp3) is 0.333. The van der Waals surface area contributed by atoms with E-state index in [0.29, 0.717) is 18.6 Å². The van der Waals surface area contributed by atoms with Gasteiger partial charge in [0, 0.05) is 31.0 Å². The Hall–Kier alpha value is -3.52. The third-order valence-corrected chi connectivity index (χ3v) is 5.38. The van der Waals surface area contributed by atoms with Crippen molar-refractivity contribution in [3.8, 4) is 0 Å². The van der Waals surface area contributed by atoms with Crippen LogP contribution in [0.4, 0.5) is 11.4 Å². The Morgan fingerprint density at radius 1 is 1.06 bits per heavy atom. The smallest absolute Gasteiger partial charge is 0.278 e. The van der Waals surface area contributed by atoms with E-state index in [1.807, 2.05) is 45.9 Å². The van der Waals surface area contributed by atoms with Crippen molar-refractivity contribution in [3.05, 3.63) is 75.0 Å². The van der Waals surface area contributed by atoms with Crippen molar-refractivity contribution in [2.75, 3.05) is 18.5 Å². The van der Waals surface area contributed by atoms with Gasteiger partial charge in [-0.2, -0.15) is 0 Å². The fourth-order valence-electron chi connectivity index (χ4n) is 3.48. The molecule has 3 rings (SSSR count). The number of nitrogens with one attached hydrogen (secondary N) is 1. The fourth-order valence-corrected chi connectivity index (χ4v) is 3.48. The van der Waals surface area contributed by atoms with Crippen molar-refractivity contribution < 1.29 is 19.2 Å². The second-order valence-electron chi connectivity index (χ2n) is 7.96. The van der Waals surface area contributed by atoms with Gasteiger partial charge in [-0.1, -0.05) is 12.1 Å². The van der Waals surface area contributed by atoms with Crippen molar-refractivity contribution in [3.63, 3.8) is 0 Å². The van der Waals surface area contributed by atoms with Crippen molar-refractivity contribution in [2.45, 2.75) is 40.2 Å². The zero-order valence-corrected chi connectivity index (χ0v) is 18.7. The van der Waals surface area contributed by atoms with Crippen molar-refractivity contribution in [1.82, 2.24) is 4.90 Å². The number of imide groups is 1. The Morgan fingerprint density at radius 3 is 2.38 bits per heavy atom. The number of anilines is 1. The van der Waals surface area contributed by atoms with E-state index in [1.165, 1.54) is 29.2 Å². The molecule has 0 fully saturated rings. The van der Waals surface area contributed by atoms with Gasteiger partial charge in [-0.15, -0.1) is 0 Å². The molecule has 1 aliphatic rings. The van der Waals surface area contributed by atoms with Gasteiger partial charge >= 0.3 is 0 Å². The highest BCUT2D eigenvalue weighted by Crippen LogP contribution is 2.32. The molecule has 0 aliphatic carbocycles. The summed E-state index contributed by atoms with van der Waals surface area (Å²) in [7, 11) is 0. The predicted octanol–water partition coefficient (Wildman–Crippen LogP) is 4.22. The molecule has 0 aromatic heterocycles. The zero-order valence-electron chi connectivity index (χ0n) is 18.7. The molecule has 8 heteroatoms. The van der Waals surface area contributed by atoms with Crippen LogP contribution in [0.2, 0.25) is 0 Å². The summed E-state index contributed by atoms with van der Waals surface area (Å²) < 4.78 is 5.53. The molecule has 0 unspecified atom stereocenters. The lowest BCUT2D eigenvalue weighted by molar-refractivity contribution is -0.384. The van der Waals surface area contributed by atoms with Gasteiger partial charge in [0.15, 0.2) is 0 Å². The monoisotopic (exact) mass is 437 g/mol. The first-order chi connectivity index (χ1) is 15.2. The molecule has 2 aromatic carbocycles. The van der Waals surface area contributed by atoms with E-state index in [-0.39, 0.29) is 29.6 Å². The number of aryl methyl sites for hydroxylation is 1. The summed E-state index contributed by atoms with van der Waals surface area (Å²) in [6.45, 7) is 8.40. The second kappa shape index (κ2) is 9.74. The molecule has 32 heavy (non-hydrogen) atoms. The lowest BCUT2D eigenvalue weighted by Gasteiger charge is -2.16. The molecular weight excluding hydrogens is 410 g/mol. The Balaban J connectivity index is 1.96. The molecule has 0 bridgehead atoms. The molecule has 1 aliphatic heterocycles. The largest absolute Gasteiger partial charge is 0.379 e. The van der Waals surface area contributed by atoms with Gasteiger partial charge in [-0.05, 0) is 69.0 Å². The van der Waals surface area contributed by atoms with Gasteiger partial charge in [0.25, 0.3) is 17.5 Å². The molecule has 0 spiro atoms. The van der Waals surface area contributed by atoms with Gasteiger partial charge in [0.05, 0.1) is 16.6 Å². The quantitative estimate of drug-likeness (QED) is 0.273. The Kier molecular flexibility index (Phi) is 7.05. The Labute approximate surface area is 187 Å². The molecule has 1 heterocycles. The van der Waals surface area contributed by atoms with E-state index < -0.39 is 16.7 Å². The number of nitro benzene ring substituents is 1. The van der Waals surface area contributed by atoms with E-state index in [4.69, 9.17) is 4.74 Å². The number of hydrogen-bond donors (Lipinski definition) is 1. The highest BCUT2D eigenvalue weighted by Gasteiger charge is 2.39. The second-order valence-corrected chi connectivity index (χ2v) is 7.96. The minimum atomic E-state index is -0.504. The van der Waals surface area contributed by atoms with Gasteiger partial charge in [0.1, 0.15) is 5.70 Å². The lowest BCUT2D eigenvalue weighted by Crippen LogP contribution is -2.34. The highest BCUT2D eigenvalue weighted by molar-refractivity contribution is 6.36. The summed E-state index contributed by atoms with van der Waals surface area (Å²) in [4.78, 5) is 38.2. The van der Waals surface area contributed by atoms with Crippen LogP contribution in [-0.2, 0) is 14.3 Å². The first-order valence-corrected chi connectivity index (χ1v) is 10.5. The number of carbonyl (C=O) groups is 2. The summed E-state index contributed by atoms with van der Waals surface area (Å²) >= 11 is 0. The molecule has 0 saturated carbocycles. The maximum Gasteiger partial charge on any atom is 0.278 e. The van der Waals surface area contributed by atoms with Crippen LogP contribution in [0.15, 0.2) is 48.2 Å². The number of benzene rings is 2. The molecule has 0 radical (unpaired) electrons. The lowest BCUT2D eigenvalue weighted by atomic mass is 10.0. The normalized spacial score (nSPS) is 14.0. The zero-order chi connectivity index (χ0) is 23.4. The maximum absolute atomic E-state index is 13.2.